The van der Waals surface area contributed by atoms with Gasteiger partial charge >= 0.3 is 6.03 Å². The molecule has 128 valence electrons. The molecule has 0 spiro atoms. The van der Waals surface area contributed by atoms with Crippen molar-refractivity contribution >= 4 is 12.0 Å². The summed E-state index contributed by atoms with van der Waals surface area (Å²) in [5, 5.41) is 1.40. The van der Waals surface area contributed by atoms with Gasteiger partial charge in [-0.1, -0.05) is 60.7 Å². The maximum absolute atomic E-state index is 13.0. The van der Waals surface area contributed by atoms with E-state index < -0.39 is 11.3 Å². The summed E-state index contributed by atoms with van der Waals surface area (Å²) in [6, 6.07) is 19.1. The molecule has 2 aliphatic rings. The van der Waals surface area contributed by atoms with E-state index >= 15 is 0 Å². The Balaban J connectivity index is 2.12. The zero-order valence-electron chi connectivity index (χ0n) is 14.1. The molecule has 0 radical (unpaired) electrons. The number of hydrazine groups is 1. The number of fused-ring (bicyclic) bond motifs is 1. The highest BCUT2D eigenvalue weighted by atomic mass is 16.2. The molecule has 25 heavy (non-hydrogen) atoms. The van der Waals surface area contributed by atoms with Crippen molar-refractivity contribution in [3.05, 3.63) is 71.8 Å². The van der Waals surface area contributed by atoms with Gasteiger partial charge in [-0.2, -0.15) is 0 Å². The van der Waals surface area contributed by atoms with Crippen LogP contribution >= 0.6 is 0 Å². The van der Waals surface area contributed by atoms with E-state index in [4.69, 9.17) is 16.6 Å². The number of benzene rings is 2. The molecule has 2 unspecified atom stereocenters. The Morgan fingerprint density at radius 2 is 1.40 bits per heavy atom. The van der Waals surface area contributed by atoms with Gasteiger partial charge in [-0.3, -0.25) is 9.80 Å². The van der Waals surface area contributed by atoms with E-state index in [9.17, 15) is 4.79 Å². The van der Waals surface area contributed by atoms with Crippen LogP contribution in [0.2, 0.25) is 0 Å². The lowest BCUT2D eigenvalue weighted by Crippen LogP contribution is -2.64. The van der Waals surface area contributed by atoms with Crippen molar-refractivity contribution in [1.29, 1.82) is 0 Å². The molecule has 7 heteroatoms. The lowest BCUT2D eigenvalue weighted by molar-refractivity contribution is -0.0185. The highest BCUT2D eigenvalue weighted by Gasteiger charge is 2.73. The molecular formula is C18H20N6O. The van der Waals surface area contributed by atoms with E-state index in [0.29, 0.717) is 0 Å². The second kappa shape index (κ2) is 4.97. The van der Waals surface area contributed by atoms with Gasteiger partial charge < -0.3 is 5.73 Å². The number of guanidine groups is 1. The highest BCUT2D eigenvalue weighted by Crippen LogP contribution is 2.57. The average molecular weight is 336 g/mol. The van der Waals surface area contributed by atoms with Gasteiger partial charge in [0.2, 0.25) is 17.3 Å². The first-order valence-corrected chi connectivity index (χ1v) is 8.01. The molecule has 2 atom stereocenters. The van der Waals surface area contributed by atoms with Crippen molar-refractivity contribution in [2.24, 2.45) is 16.6 Å². The number of urea groups is 1. The molecule has 0 aliphatic carbocycles. The smallest absolute Gasteiger partial charge is 0.324 e. The van der Waals surface area contributed by atoms with Gasteiger partial charge in [0.1, 0.15) is 0 Å². The average Bonchev–Trinajstić information content (AvgIpc) is 2.99. The summed E-state index contributed by atoms with van der Waals surface area (Å²) < 4.78 is 0. The van der Waals surface area contributed by atoms with Crippen LogP contribution in [-0.2, 0) is 11.3 Å². The Bertz CT molecular complexity index is 854. The summed E-state index contributed by atoms with van der Waals surface area (Å²) in [6.07, 6.45) is 0. The molecule has 2 heterocycles. The predicted octanol–water partition coefficient (Wildman–Crippen LogP) is 1.19. The van der Waals surface area contributed by atoms with Crippen molar-refractivity contribution in [2.75, 3.05) is 14.1 Å². The lowest BCUT2D eigenvalue weighted by atomic mass is 9.81. The number of likely N-dealkylation sites (N-methyl/N-ethyl adjacent to an activating group) is 2. The second-order valence-corrected chi connectivity index (χ2v) is 6.32. The summed E-state index contributed by atoms with van der Waals surface area (Å²) in [4.78, 5) is 20.9. The molecule has 0 saturated carbocycles. The summed E-state index contributed by atoms with van der Waals surface area (Å²) in [7, 11) is 3.46. The van der Waals surface area contributed by atoms with E-state index in [-0.39, 0.29) is 12.0 Å². The van der Waals surface area contributed by atoms with E-state index in [1.54, 1.807) is 23.9 Å². The predicted molar refractivity (Wildman–Crippen MR) is 94.8 cm³/mol. The van der Waals surface area contributed by atoms with Crippen LogP contribution in [0, 0.1) is 0 Å². The number of carbonyl (C=O) groups excluding carboxylic acids is 1. The summed E-state index contributed by atoms with van der Waals surface area (Å²) in [5.41, 5.74) is 5.69. The number of rotatable bonds is 2. The molecule has 7 nitrogen and oxygen atoms in total. The number of nitrogens with zero attached hydrogens (tertiary/aromatic N) is 4. The van der Waals surface area contributed by atoms with Crippen LogP contribution in [0.4, 0.5) is 4.79 Å². The first kappa shape index (κ1) is 15.5. The van der Waals surface area contributed by atoms with Crippen LogP contribution in [0.3, 0.4) is 0 Å². The van der Waals surface area contributed by atoms with Crippen LogP contribution < -0.4 is 11.6 Å². The second-order valence-electron chi connectivity index (χ2n) is 6.32. The highest BCUT2D eigenvalue weighted by molar-refractivity contribution is 5.89. The lowest BCUT2D eigenvalue weighted by Gasteiger charge is -2.46. The maximum atomic E-state index is 13.0. The van der Waals surface area contributed by atoms with Crippen molar-refractivity contribution in [1.82, 2.24) is 14.8 Å². The van der Waals surface area contributed by atoms with Crippen LogP contribution in [0.15, 0.2) is 65.7 Å². The molecule has 2 aliphatic heterocycles. The van der Waals surface area contributed by atoms with Gasteiger partial charge in [-0.05, 0) is 0 Å². The molecule has 4 rings (SSSR count). The third kappa shape index (κ3) is 1.58. The fourth-order valence-corrected chi connectivity index (χ4v) is 4.17. The van der Waals surface area contributed by atoms with E-state index in [1.807, 2.05) is 60.7 Å². The summed E-state index contributed by atoms with van der Waals surface area (Å²) in [5.74, 6) is 6.60. The monoisotopic (exact) mass is 336 g/mol. The molecule has 0 aromatic heterocycles. The van der Waals surface area contributed by atoms with Gasteiger partial charge in [-0.15, -0.1) is 0 Å². The molecule has 0 bridgehead atoms. The van der Waals surface area contributed by atoms with Crippen LogP contribution in [0.25, 0.3) is 0 Å². The topological polar surface area (TPSA) is 91.2 Å². The maximum Gasteiger partial charge on any atom is 0.324 e. The number of nitrogens with two attached hydrogens (primary N) is 2. The Morgan fingerprint density at radius 1 is 0.880 bits per heavy atom. The van der Waals surface area contributed by atoms with Gasteiger partial charge in [0, 0.05) is 25.2 Å². The molecular weight excluding hydrogens is 316 g/mol. The molecule has 1 saturated heterocycles. The minimum atomic E-state index is -1.08. The zero-order chi connectivity index (χ0) is 17.8. The molecule has 4 N–H and O–H groups in total. The molecule has 1 fully saturated rings. The Morgan fingerprint density at radius 3 is 1.96 bits per heavy atom. The Hall–Kier alpha value is -3.06. The van der Waals surface area contributed by atoms with Gasteiger partial charge in [0.05, 0.1) is 0 Å². The van der Waals surface area contributed by atoms with E-state index in [2.05, 4.69) is 0 Å². The number of carbonyl (C=O) groups is 1. The van der Waals surface area contributed by atoms with Crippen LogP contribution in [0.5, 0.6) is 0 Å². The van der Waals surface area contributed by atoms with E-state index in [1.165, 1.54) is 5.01 Å². The number of amides is 2. The van der Waals surface area contributed by atoms with Crippen molar-refractivity contribution < 1.29 is 4.79 Å². The molecule has 2 aromatic carbocycles. The fourth-order valence-electron chi connectivity index (χ4n) is 4.17. The number of aliphatic imine (C=N–C) groups is 1. The minimum Gasteiger partial charge on any atom is -0.369 e. The van der Waals surface area contributed by atoms with Gasteiger partial charge in [0.15, 0.2) is 0 Å². The molecule has 2 aromatic rings. The van der Waals surface area contributed by atoms with Crippen LogP contribution in [0.1, 0.15) is 11.1 Å². The number of hydrogen-bond donors (Lipinski definition) is 2. The largest absolute Gasteiger partial charge is 0.369 e. The fraction of sp³-hybridized carbons (Fsp3) is 0.222. The third-order valence-corrected chi connectivity index (χ3v) is 5.26. The summed E-state index contributed by atoms with van der Waals surface area (Å²) in [6.45, 7) is 0. The zero-order valence-corrected chi connectivity index (χ0v) is 14.1. The van der Waals surface area contributed by atoms with Crippen molar-refractivity contribution in [2.45, 2.75) is 11.3 Å². The van der Waals surface area contributed by atoms with Gasteiger partial charge in [-0.25, -0.2) is 20.6 Å². The third-order valence-electron chi connectivity index (χ3n) is 5.26. The SMILES string of the molecule is CN1C(=O)N(C)C2(c3ccccc3)N(N)C(N)=NC12c1ccccc1. The van der Waals surface area contributed by atoms with Crippen molar-refractivity contribution in [3.8, 4) is 0 Å². The normalized spacial score (nSPS) is 28.4. The standard InChI is InChI=1S/C18H20N6O/c1-22-16(25)23(2)18(14-11-7-4-8-12-14)17(22,21-15(19)24(18)20)13-9-5-3-6-10-13/h3-12H,20H2,1-2H3,(H2,19,21). The first-order chi connectivity index (χ1) is 12.0. The minimum absolute atomic E-state index is 0.180. The summed E-state index contributed by atoms with van der Waals surface area (Å²) >= 11 is 0. The van der Waals surface area contributed by atoms with Crippen LogP contribution in [-0.4, -0.2) is 40.9 Å². The van der Waals surface area contributed by atoms with E-state index in [0.717, 1.165) is 11.1 Å². The molecule has 2 amide bonds. The number of hydrogen-bond acceptors (Lipinski definition) is 5. The quantitative estimate of drug-likeness (QED) is 0.806. The Kier molecular flexibility index (Phi) is 3.07. The van der Waals surface area contributed by atoms with Gasteiger partial charge in [0.25, 0.3) is 0 Å². The first-order valence-electron chi connectivity index (χ1n) is 8.01. The Labute approximate surface area is 146 Å². The van der Waals surface area contributed by atoms with Crippen molar-refractivity contribution in [3.63, 3.8) is 0 Å².